The van der Waals surface area contributed by atoms with Crippen molar-refractivity contribution in [2.45, 2.75) is 45.3 Å². The van der Waals surface area contributed by atoms with Crippen LogP contribution in [0.3, 0.4) is 0 Å². The molecule has 1 saturated heterocycles. The lowest BCUT2D eigenvalue weighted by molar-refractivity contribution is 0.198. The predicted octanol–water partition coefficient (Wildman–Crippen LogP) is 5.08. The van der Waals surface area contributed by atoms with E-state index in [0.29, 0.717) is 12.5 Å². The van der Waals surface area contributed by atoms with Gasteiger partial charge in [0.05, 0.1) is 13.2 Å². The minimum absolute atomic E-state index is 0.0139. The van der Waals surface area contributed by atoms with E-state index in [0.717, 1.165) is 67.0 Å². The van der Waals surface area contributed by atoms with Gasteiger partial charge in [0, 0.05) is 36.5 Å². The van der Waals surface area contributed by atoms with Gasteiger partial charge in [-0.1, -0.05) is 24.3 Å². The molecule has 4 rings (SSSR count). The molecule has 0 saturated carbocycles. The summed E-state index contributed by atoms with van der Waals surface area (Å²) in [5, 5.41) is 9.68. The number of pyridine rings is 1. The number of benzene rings is 2. The summed E-state index contributed by atoms with van der Waals surface area (Å²) in [6.45, 7) is 5.44. The second kappa shape index (κ2) is 10.7. The largest absolute Gasteiger partial charge is 0.494 e. The Hall–Kier alpha value is -2.76. The maximum atomic E-state index is 13.1. The van der Waals surface area contributed by atoms with E-state index in [-0.39, 0.29) is 12.4 Å². The molecule has 168 valence electrons. The molecule has 1 aliphatic rings. The van der Waals surface area contributed by atoms with Crippen LogP contribution in [-0.2, 0) is 19.6 Å². The van der Waals surface area contributed by atoms with Gasteiger partial charge in [0.1, 0.15) is 11.6 Å². The van der Waals surface area contributed by atoms with Crippen LogP contribution in [0.15, 0.2) is 60.8 Å². The van der Waals surface area contributed by atoms with Gasteiger partial charge in [0.25, 0.3) is 0 Å². The van der Waals surface area contributed by atoms with E-state index in [9.17, 15) is 9.50 Å². The second-order valence-corrected chi connectivity index (χ2v) is 8.50. The summed E-state index contributed by atoms with van der Waals surface area (Å²) < 4.78 is 18.7. The minimum Gasteiger partial charge on any atom is -0.494 e. The van der Waals surface area contributed by atoms with Crippen LogP contribution >= 0.6 is 0 Å². The summed E-state index contributed by atoms with van der Waals surface area (Å²) in [5.41, 5.74) is 5.40. The number of hydrogen-bond donors (Lipinski definition) is 1. The van der Waals surface area contributed by atoms with Crippen LogP contribution in [0.5, 0.6) is 5.75 Å². The molecule has 2 heterocycles. The van der Waals surface area contributed by atoms with E-state index < -0.39 is 0 Å². The molecule has 0 spiro atoms. The topological polar surface area (TPSA) is 45.6 Å². The highest BCUT2D eigenvalue weighted by atomic mass is 19.1. The van der Waals surface area contributed by atoms with E-state index in [4.69, 9.17) is 9.72 Å². The first-order valence-corrected chi connectivity index (χ1v) is 11.4. The predicted molar refractivity (Wildman–Crippen MR) is 124 cm³/mol. The van der Waals surface area contributed by atoms with Crippen LogP contribution in [-0.4, -0.2) is 34.7 Å². The van der Waals surface area contributed by atoms with Gasteiger partial charge in [0.2, 0.25) is 0 Å². The van der Waals surface area contributed by atoms with Crippen molar-refractivity contribution in [3.05, 3.63) is 94.6 Å². The third-order valence-corrected chi connectivity index (χ3v) is 6.09. The number of nitrogens with zero attached hydrogens (tertiary/aromatic N) is 2. The fourth-order valence-corrected chi connectivity index (χ4v) is 4.47. The molecule has 0 amide bonds. The number of aliphatic hydroxyl groups is 1. The zero-order valence-electron chi connectivity index (χ0n) is 18.6. The van der Waals surface area contributed by atoms with Crippen molar-refractivity contribution >= 4 is 0 Å². The SMILES string of the molecule is CCOc1ccc(CN2CCC[C@H](c3ccc(Cc4ccc(F)cc4)cn3)C2)cc1CO. The Morgan fingerprint density at radius 1 is 1.06 bits per heavy atom. The molecule has 0 aliphatic carbocycles. The van der Waals surface area contributed by atoms with E-state index in [2.05, 4.69) is 29.2 Å². The zero-order chi connectivity index (χ0) is 22.3. The standard InChI is InChI=1S/C27H31FN2O2/c1-2-32-27-12-8-22(15-24(27)19-31)17-30-13-3-4-23(18-30)26-11-7-21(16-29-26)14-20-5-9-25(28)10-6-20/h5-12,15-16,23,31H,2-4,13-14,17-19H2,1H3/t23-/m0/s1. The Morgan fingerprint density at radius 3 is 2.56 bits per heavy atom. The lowest BCUT2D eigenvalue weighted by Gasteiger charge is -2.32. The van der Waals surface area contributed by atoms with E-state index in [1.807, 2.05) is 31.3 Å². The van der Waals surface area contributed by atoms with Crippen LogP contribution < -0.4 is 4.74 Å². The van der Waals surface area contributed by atoms with E-state index in [1.165, 1.54) is 17.7 Å². The molecule has 0 unspecified atom stereocenters. The molecular weight excluding hydrogens is 403 g/mol. The molecule has 5 heteroatoms. The van der Waals surface area contributed by atoms with Crippen LogP contribution in [0.2, 0.25) is 0 Å². The summed E-state index contributed by atoms with van der Waals surface area (Å²) >= 11 is 0. The quantitative estimate of drug-likeness (QED) is 0.537. The number of hydrogen-bond acceptors (Lipinski definition) is 4. The Bertz CT molecular complexity index is 1010. The number of halogens is 1. The van der Waals surface area contributed by atoms with E-state index >= 15 is 0 Å². The second-order valence-electron chi connectivity index (χ2n) is 8.50. The molecule has 32 heavy (non-hydrogen) atoms. The molecule has 1 fully saturated rings. The zero-order valence-corrected chi connectivity index (χ0v) is 18.6. The van der Waals surface area contributed by atoms with Crippen molar-refractivity contribution in [3.63, 3.8) is 0 Å². The Morgan fingerprint density at radius 2 is 1.84 bits per heavy atom. The van der Waals surface area contributed by atoms with Gasteiger partial charge in [-0.05, 0) is 79.8 Å². The number of piperidine rings is 1. The first-order chi connectivity index (χ1) is 15.6. The van der Waals surface area contributed by atoms with Crippen molar-refractivity contribution in [2.24, 2.45) is 0 Å². The number of likely N-dealkylation sites (tertiary alicyclic amines) is 1. The van der Waals surface area contributed by atoms with Crippen molar-refractivity contribution in [3.8, 4) is 5.75 Å². The fraction of sp³-hybridized carbons (Fsp3) is 0.370. The molecular formula is C27H31FN2O2. The third-order valence-electron chi connectivity index (χ3n) is 6.09. The van der Waals surface area contributed by atoms with Crippen molar-refractivity contribution in [1.29, 1.82) is 0 Å². The molecule has 1 N–H and O–H groups in total. The average Bonchev–Trinajstić information content (AvgIpc) is 2.82. The number of ether oxygens (including phenoxy) is 1. The van der Waals surface area contributed by atoms with Crippen LogP contribution in [0, 0.1) is 5.82 Å². The molecule has 4 nitrogen and oxygen atoms in total. The Kier molecular flexibility index (Phi) is 7.51. The Labute approximate surface area is 189 Å². The molecule has 0 radical (unpaired) electrons. The normalized spacial score (nSPS) is 16.8. The molecule has 1 aliphatic heterocycles. The van der Waals surface area contributed by atoms with Crippen LogP contribution in [0.25, 0.3) is 0 Å². The highest BCUT2D eigenvalue weighted by molar-refractivity contribution is 5.37. The van der Waals surface area contributed by atoms with Gasteiger partial charge in [-0.25, -0.2) is 4.39 Å². The molecule has 3 aromatic rings. The summed E-state index contributed by atoms with van der Waals surface area (Å²) in [4.78, 5) is 7.24. The van der Waals surface area contributed by atoms with Crippen molar-refractivity contribution < 1.29 is 14.2 Å². The van der Waals surface area contributed by atoms with Crippen LogP contribution in [0.1, 0.15) is 53.6 Å². The number of rotatable bonds is 8. The molecule has 0 bridgehead atoms. The van der Waals surface area contributed by atoms with Crippen molar-refractivity contribution in [1.82, 2.24) is 9.88 Å². The molecule has 1 atom stereocenters. The van der Waals surface area contributed by atoms with Crippen molar-refractivity contribution in [2.75, 3.05) is 19.7 Å². The van der Waals surface area contributed by atoms with Gasteiger partial charge in [-0.3, -0.25) is 9.88 Å². The van der Waals surface area contributed by atoms with Crippen LogP contribution in [0.4, 0.5) is 4.39 Å². The van der Waals surface area contributed by atoms with Gasteiger partial charge < -0.3 is 9.84 Å². The molecule has 2 aromatic carbocycles. The molecule has 1 aromatic heterocycles. The number of aromatic nitrogens is 1. The lowest BCUT2D eigenvalue weighted by atomic mass is 9.93. The summed E-state index contributed by atoms with van der Waals surface area (Å²) in [5.74, 6) is 0.978. The smallest absolute Gasteiger partial charge is 0.124 e. The number of aliphatic hydroxyl groups excluding tert-OH is 1. The van der Waals surface area contributed by atoms with Gasteiger partial charge in [-0.2, -0.15) is 0 Å². The van der Waals surface area contributed by atoms with Gasteiger partial charge in [-0.15, -0.1) is 0 Å². The maximum absolute atomic E-state index is 13.1. The monoisotopic (exact) mass is 434 g/mol. The lowest BCUT2D eigenvalue weighted by Crippen LogP contribution is -2.34. The fourth-order valence-electron chi connectivity index (χ4n) is 4.47. The maximum Gasteiger partial charge on any atom is 0.124 e. The average molecular weight is 435 g/mol. The minimum atomic E-state index is -0.207. The highest BCUT2D eigenvalue weighted by Crippen LogP contribution is 2.28. The summed E-state index contributed by atoms with van der Waals surface area (Å²) in [6.07, 6.45) is 5.01. The van der Waals surface area contributed by atoms with Gasteiger partial charge >= 0.3 is 0 Å². The highest BCUT2D eigenvalue weighted by Gasteiger charge is 2.22. The first kappa shape index (κ1) is 22.4. The summed E-state index contributed by atoms with van der Waals surface area (Å²) in [7, 11) is 0. The van der Waals surface area contributed by atoms with Gasteiger partial charge in [0.15, 0.2) is 0 Å². The first-order valence-electron chi connectivity index (χ1n) is 11.4. The third kappa shape index (κ3) is 5.72. The van der Waals surface area contributed by atoms with E-state index in [1.54, 1.807) is 0 Å². The Balaban J connectivity index is 1.38. The summed E-state index contributed by atoms with van der Waals surface area (Å²) in [6, 6.07) is 17.1.